The first-order valence-corrected chi connectivity index (χ1v) is 7.06. The summed E-state index contributed by atoms with van der Waals surface area (Å²) in [5.74, 6) is 1.51. The molecule has 3 nitrogen and oxygen atoms in total. The number of aliphatic hydroxyl groups excluding tert-OH is 1. The van der Waals surface area contributed by atoms with Crippen molar-refractivity contribution in [3.05, 3.63) is 0 Å². The van der Waals surface area contributed by atoms with E-state index < -0.39 is 0 Å². The van der Waals surface area contributed by atoms with Crippen molar-refractivity contribution in [2.45, 2.75) is 58.7 Å². The van der Waals surface area contributed by atoms with Gasteiger partial charge in [0.15, 0.2) is 0 Å². The fraction of sp³-hybridized carbons (Fsp3) is 1.00. The lowest BCUT2D eigenvalue weighted by Gasteiger charge is -2.37. The fourth-order valence-electron chi connectivity index (χ4n) is 2.79. The summed E-state index contributed by atoms with van der Waals surface area (Å²) in [6, 6.07) is 0. The Balaban J connectivity index is 2.22. The summed E-state index contributed by atoms with van der Waals surface area (Å²) in [6.45, 7) is 7.81. The zero-order valence-electron chi connectivity index (χ0n) is 11.6. The van der Waals surface area contributed by atoms with Crippen LogP contribution in [0.4, 0.5) is 0 Å². The van der Waals surface area contributed by atoms with Gasteiger partial charge in [-0.2, -0.15) is 0 Å². The lowest BCUT2D eigenvalue weighted by molar-refractivity contribution is -0.0442. The molecule has 1 fully saturated rings. The van der Waals surface area contributed by atoms with Crippen LogP contribution < -0.4 is 5.73 Å². The molecule has 0 aromatic heterocycles. The van der Waals surface area contributed by atoms with Gasteiger partial charge in [0.2, 0.25) is 0 Å². The van der Waals surface area contributed by atoms with Crippen molar-refractivity contribution < 1.29 is 9.84 Å². The predicted octanol–water partition coefficient (Wildman–Crippen LogP) is 2.17. The highest BCUT2D eigenvalue weighted by molar-refractivity contribution is 4.84. The first-order chi connectivity index (χ1) is 8.06. The van der Waals surface area contributed by atoms with Crippen molar-refractivity contribution in [3.8, 4) is 0 Å². The summed E-state index contributed by atoms with van der Waals surface area (Å²) < 4.78 is 5.53. The van der Waals surface area contributed by atoms with Gasteiger partial charge in [0, 0.05) is 6.61 Å². The Morgan fingerprint density at radius 3 is 2.47 bits per heavy atom. The lowest BCUT2D eigenvalue weighted by atomic mass is 9.76. The van der Waals surface area contributed by atoms with Crippen LogP contribution >= 0.6 is 0 Å². The van der Waals surface area contributed by atoms with Gasteiger partial charge in [-0.15, -0.1) is 0 Å². The maximum absolute atomic E-state index is 10.2. The van der Waals surface area contributed by atoms with Crippen LogP contribution in [0.1, 0.15) is 46.5 Å². The van der Waals surface area contributed by atoms with Crippen molar-refractivity contribution in [2.24, 2.45) is 23.5 Å². The second kappa shape index (κ2) is 7.34. The molecule has 2 atom stereocenters. The predicted molar refractivity (Wildman–Crippen MR) is 70.8 cm³/mol. The summed E-state index contributed by atoms with van der Waals surface area (Å²) in [4.78, 5) is 0. The normalized spacial score (nSPS) is 27.9. The van der Waals surface area contributed by atoms with Crippen molar-refractivity contribution in [1.29, 1.82) is 0 Å². The van der Waals surface area contributed by atoms with Crippen molar-refractivity contribution in [2.75, 3.05) is 13.2 Å². The van der Waals surface area contributed by atoms with Gasteiger partial charge in [-0.05, 0) is 56.9 Å². The number of aliphatic hydroxyl groups is 1. The molecule has 0 radical (unpaired) electrons. The molecule has 1 aliphatic rings. The zero-order chi connectivity index (χ0) is 12.8. The summed E-state index contributed by atoms with van der Waals surface area (Å²) in [7, 11) is 0. The van der Waals surface area contributed by atoms with Crippen LogP contribution in [0.5, 0.6) is 0 Å². The average Bonchev–Trinajstić information content (AvgIpc) is 2.22. The highest BCUT2D eigenvalue weighted by Gasteiger charge is 2.32. The van der Waals surface area contributed by atoms with E-state index in [-0.39, 0.29) is 12.0 Å². The molecule has 17 heavy (non-hydrogen) atoms. The minimum Gasteiger partial charge on any atom is -0.393 e. The van der Waals surface area contributed by atoms with Crippen LogP contribution in [0.3, 0.4) is 0 Å². The summed E-state index contributed by atoms with van der Waals surface area (Å²) in [5.41, 5.74) is 5.75. The van der Waals surface area contributed by atoms with Crippen molar-refractivity contribution >= 4 is 0 Å². The number of rotatable bonds is 8. The number of nitrogens with two attached hydrogens (primary N) is 1. The van der Waals surface area contributed by atoms with Crippen molar-refractivity contribution in [1.82, 2.24) is 0 Å². The molecule has 2 unspecified atom stereocenters. The van der Waals surface area contributed by atoms with Crippen LogP contribution in [0.2, 0.25) is 0 Å². The van der Waals surface area contributed by atoms with E-state index in [1.807, 2.05) is 6.92 Å². The Kier molecular flexibility index (Phi) is 6.45. The molecule has 3 N–H and O–H groups in total. The Morgan fingerprint density at radius 2 is 2.00 bits per heavy atom. The van der Waals surface area contributed by atoms with Gasteiger partial charge in [0.1, 0.15) is 0 Å². The first-order valence-electron chi connectivity index (χ1n) is 7.06. The summed E-state index contributed by atoms with van der Waals surface area (Å²) >= 11 is 0. The Labute approximate surface area is 106 Å². The summed E-state index contributed by atoms with van der Waals surface area (Å²) in [6.07, 6.45) is 4.37. The lowest BCUT2D eigenvalue weighted by Crippen LogP contribution is -2.37. The third kappa shape index (κ3) is 4.94. The second-order valence-corrected chi connectivity index (χ2v) is 5.84. The maximum Gasteiger partial charge on any atom is 0.0583 e. The zero-order valence-corrected chi connectivity index (χ0v) is 11.6. The fourth-order valence-corrected chi connectivity index (χ4v) is 2.79. The monoisotopic (exact) mass is 243 g/mol. The van der Waals surface area contributed by atoms with Crippen LogP contribution in [0.25, 0.3) is 0 Å². The van der Waals surface area contributed by atoms with Gasteiger partial charge in [0.05, 0.1) is 12.2 Å². The molecule has 3 heteroatoms. The molecular weight excluding hydrogens is 214 g/mol. The van der Waals surface area contributed by atoms with Crippen LogP contribution in [-0.2, 0) is 4.74 Å². The largest absolute Gasteiger partial charge is 0.393 e. The third-order valence-electron chi connectivity index (χ3n) is 3.79. The minimum absolute atomic E-state index is 0.227. The van der Waals surface area contributed by atoms with Gasteiger partial charge in [-0.3, -0.25) is 0 Å². The van der Waals surface area contributed by atoms with E-state index in [0.717, 1.165) is 32.3 Å². The number of hydrogen-bond acceptors (Lipinski definition) is 3. The van der Waals surface area contributed by atoms with Crippen LogP contribution in [0.15, 0.2) is 0 Å². The van der Waals surface area contributed by atoms with Gasteiger partial charge >= 0.3 is 0 Å². The molecular formula is C14H29NO2. The molecule has 0 aliphatic heterocycles. The first kappa shape index (κ1) is 14.9. The topological polar surface area (TPSA) is 55.5 Å². The van der Waals surface area contributed by atoms with Gasteiger partial charge in [-0.1, -0.05) is 13.8 Å². The van der Waals surface area contributed by atoms with E-state index in [0.29, 0.717) is 24.5 Å². The van der Waals surface area contributed by atoms with E-state index >= 15 is 0 Å². The SMILES string of the molecule is CCOC1CC(CC(O)C(CN)CC(C)C)C1. The van der Waals surface area contributed by atoms with E-state index in [1.165, 1.54) is 0 Å². The second-order valence-electron chi connectivity index (χ2n) is 5.84. The molecule has 1 rings (SSSR count). The smallest absolute Gasteiger partial charge is 0.0583 e. The standard InChI is InChI=1S/C14H29NO2/c1-4-17-13-6-11(7-13)8-14(16)12(9-15)5-10(2)3/h10-14,16H,4-9,15H2,1-3H3. The van der Waals surface area contributed by atoms with Gasteiger partial charge < -0.3 is 15.6 Å². The summed E-state index contributed by atoms with van der Waals surface area (Å²) in [5, 5.41) is 10.2. The van der Waals surface area contributed by atoms with E-state index in [2.05, 4.69) is 13.8 Å². The molecule has 102 valence electrons. The molecule has 1 aliphatic carbocycles. The van der Waals surface area contributed by atoms with Crippen LogP contribution in [-0.4, -0.2) is 30.5 Å². The Bertz CT molecular complexity index is 202. The maximum atomic E-state index is 10.2. The average molecular weight is 243 g/mol. The number of ether oxygens (including phenoxy) is 1. The third-order valence-corrected chi connectivity index (χ3v) is 3.79. The minimum atomic E-state index is -0.227. The molecule has 0 heterocycles. The van der Waals surface area contributed by atoms with Gasteiger partial charge in [0.25, 0.3) is 0 Å². The molecule has 0 amide bonds. The van der Waals surface area contributed by atoms with Crippen molar-refractivity contribution in [3.63, 3.8) is 0 Å². The molecule has 1 saturated carbocycles. The molecule has 0 aromatic carbocycles. The quantitative estimate of drug-likeness (QED) is 0.687. The highest BCUT2D eigenvalue weighted by atomic mass is 16.5. The Morgan fingerprint density at radius 1 is 1.35 bits per heavy atom. The van der Waals surface area contributed by atoms with E-state index in [9.17, 15) is 5.11 Å². The van der Waals surface area contributed by atoms with E-state index in [1.54, 1.807) is 0 Å². The molecule has 0 bridgehead atoms. The molecule has 0 saturated heterocycles. The Hall–Kier alpha value is -0.120. The number of hydrogen-bond donors (Lipinski definition) is 2. The van der Waals surface area contributed by atoms with Gasteiger partial charge in [-0.25, -0.2) is 0 Å². The van der Waals surface area contributed by atoms with Crippen LogP contribution in [0, 0.1) is 17.8 Å². The van der Waals surface area contributed by atoms with E-state index in [4.69, 9.17) is 10.5 Å². The molecule has 0 aromatic rings. The molecule has 0 spiro atoms. The highest BCUT2D eigenvalue weighted by Crippen LogP contribution is 2.35.